The molecular weight excluding hydrogens is 409 g/mol. The highest BCUT2D eigenvalue weighted by molar-refractivity contribution is 7.96. The Kier molecular flexibility index (Phi) is 6.07. The molecule has 0 atom stereocenters. The van der Waals surface area contributed by atoms with Crippen molar-refractivity contribution < 1.29 is 21.6 Å². The van der Waals surface area contributed by atoms with Crippen molar-refractivity contribution in [2.24, 2.45) is 0 Å². The molecule has 1 aliphatic heterocycles. The van der Waals surface area contributed by atoms with E-state index >= 15 is 0 Å². The van der Waals surface area contributed by atoms with Crippen LogP contribution in [-0.4, -0.2) is 49.9 Å². The van der Waals surface area contributed by atoms with Crippen LogP contribution in [0.1, 0.15) is 12.0 Å². The van der Waals surface area contributed by atoms with Crippen molar-refractivity contribution in [3.8, 4) is 0 Å². The van der Waals surface area contributed by atoms with Crippen molar-refractivity contribution >= 4 is 38.9 Å². The molecule has 1 fully saturated rings. The molecule has 1 aromatic carbocycles. The van der Waals surface area contributed by atoms with Crippen LogP contribution in [0.15, 0.2) is 53.5 Å². The SMILES string of the molecule is O=S(=O)(C1=CC=CCC1=S)N1CCN(c2ccc(C=CC(F)(F)F)cc2)CC1. The summed E-state index contributed by atoms with van der Waals surface area (Å²) in [6.45, 7) is 1.63. The molecule has 0 amide bonds. The maximum atomic E-state index is 12.8. The molecule has 0 aromatic heterocycles. The lowest BCUT2D eigenvalue weighted by atomic mass is 10.1. The summed E-state index contributed by atoms with van der Waals surface area (Å²) in [5, 5.41) is 0. The van der Waals surface area contributed by atoms with Gasteiger partial charge in [-0.1, -0.05) is 42.6 Å². The summed E-state index contributed by atoms with van der Waals surface area (Å²) in [5.41, 5.74) is 1.30. The number of hydrogen-bond donors (Lipinski definition) is 0. The number of rotatable bonds is 4. The summed E-state index contributed by atoms with van der Waals surface area (Å²) in [7, 11) is -3.61. The van der Waals surface area contributed by atoms with Crippen molar-refractivity contribution in [1.29, 1.82) is 0 Å². The van der Waals surface area contributed by atoms with Gasteiger partial charge in [0, 0.05) is 49.2 Å². The average Bonchev–Trinajstić information content (AvgIpc) is 2.66. The van der Waals surface area contributed by atoms with Gasteiger partial charge in [0.15, 0.2) is 0 Å². The van der Waals surface area contributed by atoms with Crippen molar-refractivity contribution in [3.63, 3.8) is 0 Å². The van der Waals surface area contributed by atoms with Gasteiger partial charge in [0.2, 0.25) is 10.0 Å². The molecule has 0 radical (unpaired) electrons. The fourth-order valence-corrected chi connectivity index (χ4v) is 5.09. The Balaban J connectivity index is 1.64. The molecule has 1 heterocycles. The lowest BCUT2D eigenvalue weighted by Crippen LogP contribution is -2.49. The summed E-state index contributed by atoms with van der Waals surface area (Å²) in [6, 6.07) is 6.70. The monoisotopic (exact) mass is 428 g/mol. The lowest BCUT2D eigenvalue weighted by Gasteiger charge is -2.36. The van der Waals surface area contributed by atoms with E-state index in [0.29, 0.717) is 43.0 Å². The Labute approximate surface area is 167 Å². The Morgan fingerprint density at radius 2 is 1.68 bits per heavy atom. The fraction of sp³-hybridized carbons (Fsp3) is 0.316. The van der Waals surface area contributed by atoms with E-state index in [1.807, 2.05) is 11.0 Å². The summed E-state index contributed by atoms with van der Waals surface area (Å²) < 4.78 is 63.8. The van der Waals surface area contributed by atoms with Crippen LogP contribution in [-0.2, 0) is 10.0 Å². The van der Waals surface area contributed by atoms with Gasteiger partial charge in [-0.3, -0.25) is 0 Å². The van der Waals surface area contributed by atoms with E-state index in [0.717, 1.165) is 11.8 Å². The van der Waals surface area contributed by atoms with Gasteiger partial charge in [0.25, 0.3) is 0 Å². The van der Waals surface area contributed by atoms with Crippen LogP contribution in [0.2, 0.25) is 0 Å². The van der Waals surface area contributed by atoms with Gasteiger partial charge < -0.3 is 4.90 Å². The minimum Gasteiger partial charge on any atom is -0.369 e. The van der Waals surface area contributed by atoms with Gasteiger partial charge in [-0.25, -0.2) is 8.42 Å². The first kappa shape index (κ1) is 20.8. The third kappa shape index (κ3) is 4.89. The standard InChI is InChI=1S/C19H19F3N2O2S2/c20-19(21,22)10-9-15-5-7-16(8-6-15)23-11-13-24(14-12-23)28(25,26)18-4-2-1-3-17(18)27/h1-2,4-10H,3,11-14H2. The molecule has 3 rings (SSSR count). The first-order valence-corrected chi connectivity index (χ1v) is 10.5. The number of sulfonamides is 1. The number of benzene rings is 1. The second kappa shape index (κ2) is 8.18. The van der Waals surface area contributed by atoms with E-state index in [1.54, 1.807) is 36.4 Å². The lowest BCUT2D eigenvalue weighted by molar-refractivity contribution is -0.0790. The average molecular weight is 429 g/mol. The maximum Gasteiger partial charge on any atom is 0.409 e. The van der Waals surface area contributed by atoms with E-state index < -0.39 is 16.2 Å². The first-order valence-electron chi connectivity index (χ1n) is 8.68. The minimum atomic E-state index is -4.34. The number of allylic oxidation sites excluding steroid dienone is 5. The fourth-order valence-electron chi connectivity index (χ4n) is 3.07. The van der Waals surface area contributed by atoms with Crippen LogP contribution < -0.4 is 4.90 Å². The molecule has 1 aromatic rings. The summed E-state index contributed by atoms with van der Waals surface area (Å²) in [4.78, 5) is 2.63. The van der Waals surface area contributed by atoms with Gasteiger partial charge in [-0.05, 0) is 23.8 Å². The second-order valence-electron chi connectivity index (χ2n) is 6.44. The molecule has 0 N–H and O–H groups in total. The highest BCUT2D eigenvalue weighted by Crippen LogP contribution is 2.24. The summed E-state index contributed by atoms with van der Waals surface area (Å²) in [5.74, 6) is 0. The van der Waals surface area contributed by atoms with Crippen molar-refractivity contribution in [3.05, 3.63) is 59.0 Å². The van der Waals surface area contributed by atoms with E-state index in [4.69, 9.17) is 12.2 Å². The minimum absolute atomic E-state index is 0.194. The Hall–Kier alpha value is -1.97. The molecule has 4 nitrogen and oxygen atoms in total. The maximum absolute atomic E-state index is 12.8. The third-order valence-electron chi connectivity index (χ3n) is 4.54. The van der Waals surface area contributed by atoms with Crippen LogP contribution in [0.25, 0.3) is 6.08 Å². The van der Waals surface area contributed by atoms with Crippen molar-refractivity contribution in [2.75, 3.05) is 31.1 Å². The highest BCUT2D eigenvalue weighted by atomic mass is 32.2. The van der Waals surface area contributed by atoms with Gasteiger partial charge >= 0.3 is 6.18 Å². The van der Waals surface area contributed by atoms with Crippen LogP contribution >= 0.6 is 12.2 Å². The zero-order valence-corrected chi connectivity index (χ0v) is 16.5. The number of anilines is 1. The molecule has 2 aliphatic rings. The van der Waals surface area contributed by atoms with Crippen molar-refractivity contribution in [2.45, 2.75) is 12.6 Å². The smallest absolute Gasteiger partial charge is 0.369 e. The molecule has 1 saturated heterocycles. The molecular formula is C19H19F3N2O2S2. The first-order chi connectivity index (χ1) is 13.2. The van der Waals surface area contributed by atoms with Gasteiger partial charge in [-0.15, -0.1) is 0 Å². The van der Waals surface area contributed by atoms with E-state index in [9.17, 15) is 21.6 Å². The Morgan fingerprint density at radius 3 is 2.25 bits per heavy atom. The van der Waals surface area contributed by atoms with Gasteiger partial charge in [0.05, 0.1) is 4.91 Å². The van der Waals surface area contributed by atoms with Crippen LogP contribution in [0.3, 0.4) is 0 Å². The molecule has 9 heteroatoms. The highest BCUT2D eigenvalue weighted by Gasteiger charge is 2.32. The quantitative estimate of drug-likeness (QED) is 0.682. The molecule has 0 unspecified atom stereocenters. The zero-order valence-electron chi connectivity index (χ0n) is 14.9. The largest absolute Gasteiger partial charge is 0.409 e. The molecule has 0 bridgehead atoms. The number of thiocarbonyl (C=S) groups is 1. The predicted octanol–water partition coefficient (Wildman–Crippen LogP) is 3.93. The van der Waals surface area contributed by atoms with Crippen LogP contribution in [0.5, 0.6) is 0 Å². The molecule has 0 saturated carbocycles. The second-order valence-corrected chi connectivity index (χ2v) is 8.84. The predicted molar refractivity (Wildman–Crippen MR) is 109 cm³/mol. The van der Waals surface area contributed by atoms with Crippen molar-refractivity contribution in [1.82, 2.24) is 4.31 Å². The number of nitrogens with zero attached hydrogens (tertiary/aromatic N) is 2. The third-order valence-corrected chi connectivity index (χ3v) is 7.04. The normalized spacial score (nSPS) is 19.3. The Bertz CT molecular complexity index is 925. The van der Waals surface area contributed by atoms with Gasteiger partial charge in [0.1, 0.15) is 0 Å². The number of halogens is 3. The number of alkyl halides is 3. The van der Waals surface area contributed by atoms with E-state index in [-0.39, 0.29) is 11.0 Å². The van der Waals surface area contributed by atoms with E-state index in [1.165, 1.54) is 4.31 Å². The number of piperazine rings is 1. The zero-order chi connectivity index (χ0) is 20.4. The van der Waals surface area contributed by atoms with Crippen LogP contribution in [0, 0.1) is 0 Å². The molecule has 0 spiro atoms. The molecule has 1 aliphatic carbocycles. The van der Waals surface area contributed by atoms with E-state index in [2.05, 4.69) is 0 Å². The number of hydrogen-bond acceptors (Lipinski definition) is 4. The molecule has 28 heavy (non-hydrogen) atoms. The molecule has 150 valence electrons. The summed E-state index contributed by atoms with van der Waals surface area (Å²) >= 11 is 5.19. The van der Waals surface area contributed by atoms with Crippen LogP contribution in [0.4, 0.5) is 18.9 Å². The summed E-state index contributed by atoms with van der Waals surface area (Å²) in [6.07, 6.45) is 2.40. The Morgan fingerprint density at radius 1 is 1.04 bits per heavy atom. The topological polar surface area (TPSA) is 40.6 Å². The van der Waals surface area contributed by atoms with Gasteiger partial charge in [-0.2, -0.15) is 17.5 Å².